The maximum absolute atomic E-state index is 12.0. The quantitative estimate of drug-likeness (QED) is 0.292. The first-order valence-corrected chi connectivity index (χ1v) is 11.1. The largest absolute Gasteiger partial charge is 0.444 e. The third-order valence-corrected chi connectivity index (χ3v) is 5.45. The number of alkyl carbamates (subject to hydrolysis) is 1. The van der Waals surface area contributed by atoms with Gasteiger partial charge in [-0.1, -0.05) is 0 Å². The van der Waals surface area contributed by atoms with Gasteiger partial charge in [0.2, 0.25) is 0 Å². The van der Waals surface area contributed by atoms with Crippen LogP contribution >= 0.6 is 24.0 Å². The lowest BCUT2D eigenvalue weighted by Gasteiger charge is -2.24. The minimum atomic E-state index is -0.466. The molecule has 3 rings (SSSR count). The molecule has 168 valence electrons. The highest BCUT2D eigenvalue weighted by Gasteiger charge is 2.33. The predicted molar refractivity (Wildman–Crippen MR) is 128 cm³/mol. The van der Waals surface area contributed by atoms with Gasteiger partial charge in [-0.3, -0.25) is 9.89 Å². The third-order valence-electron chi connectivity index (χ3n) is 5.45. The highest BCUT2D eigenvalue weighted by atomic mass is 127. The van der Waals surface area contributed by atoms with Crippen molar-refractivity contribution in [1.29, 1.82) is 0 Å². The zero-order chi connectivity index (χ0) is 20.1. The summed E-state index contributed by atoms with van der Waals surface area (Å²) in [5.74, 6) is 1.91. The van der Waals surface area contributed by atoms with Crippen LogP contribution in [0.15, 0.2) is 4.99 Å². The van der Waals surface area contributed by atoms with Crippen molar-refractivity contribution in [3.05, 3.63) is 0 Å². The van der Waals surface area contributed by atoms with Gasteiger partial charge in [-0.2, -0.15) is 0 Å². The molecule has 0 spiro atoms. The smallest absolute Gasteiger partial charge is 0.407 e. The Balaban J connectivity index is 0.00000300. The van der Waals surface area contributed by atoms with Crippen LogP contribution in [0.25, 0.3) is 0 Å². The van der Waals surface area contributed by atoms with Crippen LogP contribution < -0.4 is 10.6 Å². The molecular weight excluding hydrogens is 481 g/mol. The van der Waals surface area contributed by atoms with Crippen molar-refractivity contribution in [1.82, 2.24) is 20.4 Å². The van der Waals surface area contributed by atoms with Crippen LogP contribution in [-0.2, 0) is 4.74 Å². The van der Waals surface area contributed by atoms with Crippen molar-refractivity contribution < 1.29 is 9.53 Å². The van der Waals surface area contributed by atoms with Crippen molar-refractivity contribution in [3.8, 4) is 0 Å². The average molecular weight is 521 g/mol. The van der Waals surface area contributed by atoms with E-state index < -0.39 is 5.60 Å². The first-order chi connectivity index (χ1) is 13.3. The van der Waals surface area contributed by atoms with Gasteiger partial charge in [-0.25, -0.2) is 4.79 Å². The molecule has 8 heteroatoms. The molecule has 7 nitrogen and oxygen atoms in total. The van der Waals surface area contributed by atoms with Crippen LogP contribution in [0.4, 0.5) is 4.79 Å². The van der Waals surface area contributed by atoms with Crippen LogP contribution in [0.1, 0.15) is 59.8 Å². The predicted octanol–water partition coefficient (Wildman–Crippen LogP) is 3.04. The van der Waals surface area contributed by atoms with Crippen LogP contribution in [0, 0.1) is 5.92 Å². The van der Waals surface area contributed by atoms with Gasteiger partial charge in [0.15, 0.2) is 5.96 Å². The molecule has 0 bridgehead atoms. The standard InChI is InChI=1S/C21H39N5O2.HI/c1-5-22-19(23-11-13-25(18-8-9-18)14-16-6-7-16)26-12-10-17(15-26)24-20(27)28-21(2,3)4;/h16-18H,5-15H2,1-4H3,(H,22,23)(H,24,27);1H. The first kappa shape index (κ1) is 24.5. The Kier molecular flexibility index (Phi) is 9.31. The van der Waals surface area contributed by atoms with Gasteiger partial charge in [0.25, 0.3) is 0 Å². The Morgan fingerprint density at radius 3 is 2.52 bits per heavy atom. The van der Waals surface area contributed by atoms with Crippen molar-refractivity contribution in [2.24, 2.45) is 10.9 Å². The van der Waals surface area contributed by atoms with Crippen LogP contribution in [0.2, 0.25) is 0 Å². The van der Waals surface area contributed by atoms with Crippen molar-refractivity contribution >= 4 is 36.0 Å². The number of carbonyl (C=O) groups excluding carboxylic acids is 1. The lowest BCUT2D eigenvalue weighted by molar-refractivity contribution is 0.0507. The number of likely N-dealkylation sites (tertiary alicyclic amines) is 1. The van der Waals surface area contributed by atoms with Crippen LogP contribution in [0.5, 0.6) is 0 Å². The molecule has 3 fully saturated rings. The minimum Gasteiger partial charge on any atom is -0.444 e. The Bertz CT molecular complexity index is 558. The summed E-state index contributed by atoms with van der Waals surface area (Å²) < 4.78 is 5.38. The first-order valence-electron chi connectivity index (χ1n) is 11.1. The van der Waals surface area contributed by atoms with Gasteiger partial charge in [0.05, 0.1) is 12.6 Å². The molecule has 0 aromatic rings. The second-order valence-electron chi connectivity index (χ2n) is 9.48. The zero-order valence-corrected chi connectivity index (χ0v) is 20.9. The van der Waals surface area contributed by atoms with E-state index in [9.17, 15) is 4.79 Å². The maximum atomic E-state index is 12.0. The number of nitrogens with zero attached hydrogens (tertiary/aromatic N) is 3. The van der Waals surface area contributed by atoms with Gasteiger partial charge >= 0.3 is 6.09 Å². The summed E-state index contributed by atoms with van der Waals surface area (Å²) in [7, 11) is 0. The molecule has 1 heterocycles. The molecular formula is C21H40IN5O2. The molecule has 2 N–H and O–H groups in total. The molecule has 0 aromatic carbocycles. The number of ether oxygens (including phenoxy) is 1. The van der Waals surface area contributed by atoms with E-state index in [2.05, 4.69) is 27.4 Å². The summed E-state index contributed by atoms with van der Waals surface area (Å²) in [6.45, 7) is 13.5. The van der Waals surface area contributed by atoms with Gasteiger partial charge in [-0.05, 0) is 65.7 Å². The molecule has 1 saturated heterocycles. The highest BCUT2D eigenvalue weighted by Crippen LogP contribution is 2.34. The summed E-state index contributed by atoms with van der Waals surface area (Å²) in [5.41, 5.74) is -0.466. The van der Waals surface area contributed by atoms with E-state index in [0.29, 0.717) is 0 Å². The Morgan fingerprint density at radius 2 is 1.93 bits per heavy atom. The molecule has 1 unspecified atom stereocenters. The Labute approximate surface area is 193 Å². The van der Waals surface area contributed by atoms with E-state index in [0.717, 1.165) is 57.1 Å². The topological polar surface area (TPSA) is 69.2 Å². The van der Waals surface area contributed by atoms with Crippen LogP contribution in [0.3, 0.4) is 0 Å². The molecule has 2 aliphatic carbocycles. The molecule has 0 aromatic heterocycles. The number of hydrogen-bond donors (Lipinski definition) is 2. The second-order valence-corrected chi connectivity index (χ2v) is 9.48. The third kappa shape index (κ3) is 8.86. The van der Waals surface area contributed by atoms with Gasteiger partial charge in [0, 0.05) is 38.8 Å². The monoisotopic (exact) mass is 521 g/mol. The fraction of sp³-hybridized carbons (Fsp3) is 0.905. The normalized spacial score (nSPS) is 22.4. The van der Waals surface area contributed by atoms with Crippen LogP contribution in [-0.4, -0.2) is 78.8 Å². The lowest BCUT2D eigenvalue weighted by atomic mass is 10.2. The number of amides is 1. The maximum Gasteiger partial charge on any atom is 0.407 e. The average Bonchev–Trinajstić information content (AvgIpc) is 3.51. The molecule has 1 amide bonds. The molecule has 0 radical (unpaired) electrons. The Hall–Kier alpha value is -0.770. The summed E-state index contributed by atoms with van der Waals surface area (Å²) in [6, 6.07) is 0.920. The van der Waals surface area contributed by atoms with E-state index in [1.165, 1.54) is 32.2 Å². The number of rotatable bonds is 8. The van der Waals surface area contributed by atoms with E-state index in [1.807, 2.05) is 20.8 Å². The molecule has 1 atom stereocenters. The molecule has 3 aliphatic rings. The van der Waals surface area contributed by atoms with Gasteiger partial charge in [-0.15, -0.1) is 24.0 Å². The van der Waals surface area contributed by atoms with E-state index in [1.54, 1.807) is 0 Å². The summed E-state index contributed by atoms with van der Waals surface area (Å²) in [6.07, 6.45) is 6.13. The fourth-order valence-corrected chi connectivity index (χ4v) is 3.75. The molecule has 29 heavy (non-hydrogen) atoms. The zero-order valence-electron chi connectivity index (χ0n) is 18.6. The number of aliphatic imine (C=N–C) groups is 1. The van der Waals surface area contributed by atoms with Gasteiger partial charge in [0.1, 0.15) is 5.60 Å². The number of halogens is 1. The number of guanidine groups is 1. The molecule has 2 saturated carbocycles. The van der Waals surface area contributed by atoms with E-state index in [-0.39, 0.29) is 36.1 Å². The minimum absolute atomic E-state index is 0. The van der Waals surface area contributed by atoms with E-state index >= 15 is 0 Å². The van der Waals surface area contributed by atoms with E-state index in [4.69, 9.17) is 9.73 Å². The second kappa shape index (κ2) is 11.0. The fourth-order valence-electron chi connectivity index (χ4n) is 3.75. The Morgan fingerprint density at radius 1 is 1.21 bits per heavy atom. The summed E-state index contributed by atoms with van der Waals surface area (Å²) in [5, 5.41) is 6.42. The number of hydrogen-bond acceptors (Lipinski definition) is 4. The van der Waals surface area contributed by atoms with Crippen molar-refractivity contribution in [2.45, 2.75) is 77.5 Å². The van der Waals surface area contributed by atoms with Crippen molar-refractivity contribution in [3.63, 3.8) is 0 Å². The van der Waals surface area contributed by atoms with Gasteiger partial charge < -0.3 is 20.3 Å². The van der Waals surface area contributed by atoms with Crippen molar-refractivity contribution in [2.75, 3.05) is 39.3 Å². The number of carbonyl (C=O) groups is 1. The lowest BCUT2D eigenvalue weighted by Crippen LogP contribution is -2.44. The molecule has 1 aliphatic heterocycles. The number of nitrogens with one attached hydrogen (secondary N) is 2. The summed E-state index contributed by atoms with van der Waals surface area (Å²) >= 11 is 0. The highest BCUT2D eigenvalue weighted by molar-refractivity contribution is 14.0. The SMILES string of the molecule is CCNC(=NCCN(CC1CC1)C1CC1)N1CCC(NC(=O)OC(C)(C)C)C1.I. The summed E-state index contributed by atoms with van der Waals surface area (Å²) in [4.78, 5) is 21.8.